The van der Waals surface area contributed by atoms with Gasteiger partial charge in [-0.15, -0.1) is 12.4 Å². The zero-order valence-electron chi connectivity index (χ0n) is 9.33. The van der Waals surface area contributed by atoms with Crippen molar-refractivity contribution in [1.82, 2.24) is 0 Å². The van der Waals surface area contributed by atoms with Gasteiger partial charge in [-0.05, 0) is 31.6 Å². The largest absolute Gasteiger partial charge is 0.389 e. The van der Waals surface area contributed by atoms with Crippen molar-refractivity contribution in [3.63, 3.8) is 0 Å². The minimum absolute atomic E-state index is 0. The summed E-state index contributed by atoms with van der Waals surface area (Å²) in [5, 5.41) is 9.98. The first kappa shape index (κ1) is 14.2. The first-order valence-corrected chi connectivity index (χ1v) is 5.52. The van der Waals surface area contributed by atoms with Crippen LogP contribution in [0.25, 0.3) is 0 Å². The molecule has 0 aliphatic heterocycles. The summed E-state index contributed by atoms with van der Waals surface area (Å²) < 4.78 is 0. The van der Waals surface area contributed by atoms with E-state index in [4.69, 9.17) is 5.73 Å². The molecule has 3 N–H and O–H groups in total. The van der Waals surface area contributed by atoms with Crippen molar-refractivity contribution >= 4 is 12.4 Å². The molecule has 0 radical (unpaired) electrons. The summed E-state index contributed by atoms with van der Waals surface area (Å²) in [7, 11) is 0. The molecule has 0 amide bonds. The lowest BCUT2D eigenvalue weighted by Gasteiger charge is -2.37. The fraction of sp³-hybridized carbons (Fsp3) is 1.00. The molecule has 0 aromatic rings. The Morgan fingerprint density at radius 1 is 1.29 bits per heavy atom. The zero-order valence-corrected chi connectivity index (χ0v) is 10.1. The van der Waals surface area contributed by atoms with Crippen LogP contribution < -0.4 is 5.73 Å². The van der Waals surface area contributed by atoms with E-state index in [1.54, 1.807) is 0 Å². The van der Waals surface area contributed by atoms with Crippen LogP contribution in [0.5, 0.6) is 0 Å². The van der Waals surface area contributed by atoms with Crippen LogP contribution >= 0.6 is 12.4 Å². The van der Waals surface area contributed by atoms with Crippen molar-refractivity contribution in [3.05, 3.63) is 0 Å². The molecule has 0 aromatic carbocycles. The first-order valence-electron chi connectivity index (χ1n) is 5.52. The van der Waals surface area contributed by atoms with Gasteiger partial charge in [0.15, 0.2) is 0 Å². The fourth-order valence-corrected chi connectivity index (χ4v) is 2.36. The quantitative estimate of drug-likeness (QED) is 0.769. The van der Waals surface area contributed by atoms with Crippen molar-refractivity contribution in [2.24, 2.45) is 17.6 Å². The molecule has 0 heterocycles. The summed E-state index contributed by atoms with van der Waals surface area (Å²) in [6.45, 7) is 4.53. The molecule has 0 saturated heterocycles. The van der Waals surface area contributed by atoms with Gasteiger partial charge < -0.3 is 10.8 Å². The van der Waals surface area contributed by atoms with Crippen LogP contribution in [0.1, 0.15) is 46.0 Å². The molecule has 1 fully saturated rings. The average molecular weight is 222 g/mol. The normalized spacial score (nSPS) is 31.7. The lowest BCUT2D eigenvalue weighted by molar-refractivity contribution is -0.0145. The Morgan fingerprint density at radius 3 is 2.14 bits per heavy atom. The summed E-state index contributed by atoms with van der Waals surface area (Å²) in [5.74, 6) is 1.32. The Hall–Kier alpha value is 0.210. The van der Waals surface area contributed by atoms with Crippen molar-refractivity contribution in [2.45, 2.75) is 51.6 Å². The molecule has 2 nitrogen and oxygen atoms in total. The second-order valence-corrected chi connectivity index (χ2v) is 4.69. The number of halogens is 1. The van der Waals surface area contributed by atoms with Crippen molar-refractivity contribution in [2.75, 3.05) is 6.54 Å². The van der Waals surface area contributed by atoms with Gasteiger partial charge in [-0.1, -0.05) is 26.2 Å². The fourth-order valence-electron chi connectivity index (χ4n) is 2.36. The third-order valence-electron chi connectivity index (χ3n) is 3.72. The van der Waals surface area contributed by atoms with Crippen molar-refractivity contribution in [1.29, 1.82) is 0 Å². The monoisotopic (exact) mass is 221 g/mol. The summed E-state index contributed by atoms with van der Waals surface area (Å²) in [6, 6.07) is 0. The SMILES string of the molecule is CCC1CCC(C(C)(O)CN)CC1.Cl. The van der Waals surface area contributed by atoms with Gasteiger partial charge in [0.2, 0.25) is 0 Å². The molecule has 1 aliphatic carbocycles. The summed E-state index contributed by atoms with van der Waals surface area (Å²) in [6.07, 6.45) is 6.15. The molecular formula is C11H24ClNO. The van der Waals surface area contributed by atoms with Crippen LogP contribution in [0.3, 0.4) is 0 Å². The number of hydrogen-bond donors (Lipinski definition) is 2. The molecule has 1 rings (SSSR count). The smallest absolute Gasteiger partial charge is 0.0769 e. The second kappa shape index (κ2) is 5.94. The molecule has 86 valence electrons. The Kier molecular flexibility index (Phi) is 6.03. The lowest BCUT2D eigenvalue weighted by Crippen LogP contribution is -2.43. The van der Waals surface area contributed by atoms with Gasteiger partial charge in [-0.2, -0.15) is 0 Å². The van der Waals surface area contributed by atoms with Crippen LogP contribution in [-0.2, 0) is 0 Å². The third-order valence-corrected chi connectivity index (χ3v) is 3.72. The number of nitrogens with two attached hydrogens (primary N) is 1. The summed E-state index contributed by atoms with van der Waals surface area (Å²) >= 11 is 0. The molecule has 1 atom stereocenters. The first-order chi connectivity index (χ1) is 6.10. The molecule has 14 heavy (non-hydrogen) atoms. The molecule has 0 aromatic heterocycles. The maximum Gasteiger partial charge on any atom is 0.0769 e. The summed E-state index contributed by atoms with van der Waals surface area (Å²) in [4.78, 5) is 0. The zero-order chi connectivity index (χ0) is 9.90. The lowest BCUT2D eigenvalue weighted by atomic mass is 9.73. The molecular weight excluding hydrogens is 198 g/mol. The highest BCUT2D eigenvalue weighted by Gasteiger charge is 2.33. The van der Waals surface area contributed by atoms with Gasteiger partial charge in [-0.3, -0.25) is 0 Å². The van der Waals surface area contributed by atoms with E-state index < -0.39 is 5.60 Å². The second-order valence-electron chi connectivity index (χ2n) is 4.69. The Morgan fingerprint density at radius 2 is 1.79 bits per heavy atom. The minimum Gasteiger partial charge on any atom is -0.389 e. The third kappa shape index (κ3) is 3.41. The highest BCUT2D eigenvalue weighted by molar-refractivity contribution is 5.85. The van der Waals surface area contributed by atoms with E-state index in [1.165, 1.54) is 19.3 Å². The van der Waals surface area contributed by atoms with E-state index in [0.717, 1.165) is 18.8 Å². The van der Waals surface area contributed by atoms with Crippen molar-refractivity contribution < 1.29 is 5.11 Å². The van der Waals surface area contributed by atoms with E-state index in [2.05, 4.69) is 6.92 Å². The summed E-state index contributed by atoms with van der Waals surface area (Å²) in [5.41, 5.74) is 4.93. The van der Waals surface area contributed by atoms with Crippen LogP contribution in [0, 0.1) is 11.8 Å². The van der Waals surface area contributed by atoms with Gasteiger partial charge in [0, 0.05) is 6.54 Å². The standard InChI is InChI=1S/C11H23NO.ClH/c1-3-9-4-6-10(7-5-9)11(2,13)8-12;/h9-10,13H,3-8,12H2,1-2H3;1H. The van der Waals surface area contributed by atoms with Gasteiger partial charge in [-0.25, -0.2) is 0 Å². The van der Waals surface area contributed by atoms with E-state index in [1.807, 2.05) is 6.92 Å². The van der Waals surface area contributed by atoms with Crippen LogP contribution in [-0.4, -0.2) is 17.3 Å². The highest BCUT2D eigenvalue weighted by atomic mass is 35.5. The van der Waals surface area contributed by atoms with Gasteiger partial charge in [0.25, 0.3) is 0 Å². The Labute approximate surface area is 93.7 Å². The number of rotatable bonds is 3. The Bertz CT molecular complexity index is 153. The molecule has 1 aliphatic rings. The van der Waals surface area contributed by atoms with Crippen LogP contribution in [0.2, 0.25) is 0 Å². The average Bonchev–Trinajstić information content (AvgIpc) is 2.18. The molecule has 1 saturated carbocycles. The molecule has 3 heteroatoms. The maximum atomic E-state index is 9.98. The number of aliphatic hydroxyl groups is 1. The van der Waals surface area contributed by atoms with Gasteiger partial charge in [0.05, 0.1) is 5.60 Å². The maximum absolute atomic E-state index is 9.98. The van der Waals surface area contributed by atoms with E-state index in [0.29, 0.717) is 12.5 Å². The predicted octanol–water partition coefficient (Wildman–Crippen LogP) is 2.33. The van der Waals surface area contributed by atoms with Crippen molar-refractivity contribution in [3.8, 4) is 0 Å². The molecule has 0 bridgehead atoms. The highest BCUT2D eigenvalue weighted by Crippen LogP contribution is 2.36. The molecule has 1 unspecified atom stereocenters. The predicted molar refractivity (Wildman–Crippen MR) is 62.7 cm³/mol. The van der Waals surface area contributed by atoms with E-state index in [9.17, 15) is 5.11 Å². The Balaban J connectivity index is 0.00000169. The van der Waals surface area contributed by atoms with E-state index in [-0.39, 0.29) is 12.4 Å². The van der Waals surface area contributed by atoms with E-state index >= 15 is 0 Å². The minimum atomic E-state index is -0.626. The number of hydrogen-bond acceptors (Lipinski definition) is 2. The van der Waals surface area contributed by atoms with Gasteiger partial charge >= 0.3 is 0 Å². The topological polar surface area (TPSA) is 46.2 Å². The molecule has 0 spiro atoms. The van der Waals surface area contributed by atoms with Crippen LogP contribution in [0.15, 0.2) is 0 Å². The van der Waals surface area contributed by atoms with Gasteiger partial charge in [0.1, 0.15) is 0 Å². The van der Waals surface area contributed by atoms with Crippen LogP contribution in [0.4, 0.5) is 0 Å².